The molecule has 1 heterocycles. The summed E-state index contributed by atoms with van der Waals surface area (Å²) in [4.78, 5) is 28.9. The molecule has 6 nitrogen and oxygen atoms in total. The molecule has 0 aliphatic heterocycles. The van der Waals surface area contributed by atoms with Crippen LogP contribution in [0.25, 0.3) is 16.5 Å². The largest absolute Gasteiger partial charge is 0.481 e. The molecule has 0 saturated carbocycles. The lowest BCUT2D eigenvalue weighted by Gasteiger charge is -2.14. The molecule has 0 amide bonds. The predicted octanol–water partition coefficient (Wildman–Crippen LogP) is 5.65. The zero-order chi connectivity index (χ0) is 24.1. The molecular weight excluding hydrogens is 514 g/mol. The highest BCUT2D eigenvalue weighted by atomic mass is 79.9. The molecule has 0 aliphatic carbocycles. The third-order valence-electron chi connectivity index (χ3n) is 5.46. The van der Waals surface area contributed by atoms with Crippen molar-refractivity contribution in [3.8, 4) is 11.8 Å². The number of carboxylic acids is 1. The standard InChI is InChI=1S/C26H20BrN3O3S/c27-24-15-29-26(30(24)23-11-10-18(14-28)21-8-4-5-9-22(21)23)34-16-20(31)13-19(25(32)33)12-17-6-2-1-3-7-17/h1-11,15,19H,12-13,16H2,(H,32,33). The number of carbonyl (C=O) groups excluding carboxylic acids is 1. The fourth-order valence-corrected chi connectivity index (χ4v) is 5.27. The van der Waals surface area contributed by atoms with Crippen LogP contribution in [0.4, 0.5) is 0 Å². The highest BCUT2D eigenvalue weighted by Gasteiger charge is 2.23. The van der Waals surface area contributed by atoms with Crippen LogP contribution in [0, 0.1) is 17.2 Å². The summed E-state index contributed by atoms with van der Waals surface area (Å²) < 4.78 is 2.60. The van der Waals surface area contributed by atoms with Gasteiger partial charge in [0.2, 0.25) is 0 Å². The van der Waals surface area contributed by atoms with E-state index in [2.05, 4.69) is 27.0 Å². The second-order valence-corrected chi connectivity index (χ2v) is 9.50. The smallest absolute Gasteiger partial charge is 0.307 e. The van der Waals surface area contributed by atoms with Gasteiger partial charge in [-0.05, 0) is 40.0 Å². The molecule has 170 valence electrons. The topological polar surface area (TPSA) is 96.0 Å². The number of aliphatic carboxylic acids is 1. The number of benzene rings is 3. The van der Waals surface area contributed by atoms with E-state index in [1.165, 1.54) is 11.8 Å². The Labute approximate surface area is 209 Å². The predicted molar refractivity (Wildman–Crippen MR) is 135 cm³/mol. The summed E-state index contributed by atoms with van der Waals surface area (Å²) in [5.74, 6) is -1.79. The zero-order valence-corrected chi connectivity index (χ0v) is 20.4. The van der Waals surface area contributed by atoms with Gasteiger partial charge in [0.25, 0.3) is 0 Å². The highest BCUT2D eigenvalue weighted by molar-refractivity contribution is 9.10. The van der Waals surface area contributed by atoms with Crippen LogP contribution in [0.5, 0.6) is 0 Å². The summed E-state index contributed by atoms with van der Waals surface area (Å²) in [5.41, 5.74) is 2.31. The zero-order valence-electron chi connectivity index (χ0n) is 18.0. The average molecular weight is 534 g/mol. The van der Waals surface area contributed by atoms with E-state index in [4.69, 9.17) is 0 Å². The Morgan fingerprint density at radius 1 is 1.06 bits per heavy atom. The Morgan fingerprint density at radius 2 is 1.76 bits per heavy atom. The molecule has 8 heteroatoms. The first-order valence-electron chi connectivity index (χ1n) is 10.5. The number of carboxylic acid groups (broad SMARTS) is 1. The Bertz CT molecular complexity index is 1400. The lowest BCUT2D eigenvalue weighted by molar-refractivity contribution is -0.143. The van der Waals surface area contributed by atoms with Crippen molar-refractivity contribution in [2.75, 3.05) is 5.75 Å². The lowest BCUT2D eigenvalue weighted by atomic mass is 9.95. The lowest BCUT2D eigenvalue weighted by Crippen LogP contribution is -2.21. The number of nitriles is 1. The van der Waals surface area contributed by atoms with E-state index in [1.807, 2.05) is 65.2 Å². The second kappa shape index (κ2) is 10.7. The fourth-order valence-electron chi connectivity index (χ4n) is 3.84. The van der Waals surface area contributed by atoms with Crippen LogP contribution < -0.4 is 0 Å². The van der Waals surface area contributed by atoms with Crippen molar-refractivity contribution in [2.45, 2.75) is 18.0 Å². The minimum Gasteiger partial charge on any atom is -0.481 e. The maximum Gasteiger partial charge on any atom is 0.307 e. The number of carbonyl (C=O) groups is 2. The number of imidazole rings is 1. The summed E-state index contributed by atoms with van der Waals surface area (Å²) in [6.07, 6.45) is 1.93. The number of Topliss-reactive ketones (excluding diaryl/α,β-unsaturated/α-hetero) is 1. The third-order valence-corrected chi connectivity index (χ3v) is 7.03. The highest BCUT2D eigenvalue weighted by Crippen LogP contribution is 2.32. The summed E-state index contributed by atoms with van der Waals surface area (Å²) in [7, 11) is 0. The summed E-state index contributed by atoms with van der Waals surface area (Å²) in [6, 6.07) is 22.8. The monoisotopic (exact) mass is 533 g/mol. The number of ketones is 1. The molecule has 0 saturated heterocycles. The number of thioether (sulfide) groups is 1. The molecule has 0 fully saturated rings. The van der Waals surface area contributed by atoms with Gasteiger partial charge >= 0.3 is 5.97 Å². The van der Waals surface area contributed by atoms with E-state index in [-0.39, 0.29) is 18.0 Å². The van der Waals surface area contributed by atoms with Gasteiger partial charge in [-0.15, -0.1) is 0 Å². The van der Waals surface area contributed by atoms with Crippen molar-refractivity contribution in [1.29, 1.82) is 5.26 Å². The molecule has 1 N–H and O–H groups in total. The van der Waals surface area contributed by atoms with Crippen molar-refractivity contribution in [1.82, 2.24) is 9.55 Å². The number of hydrogen-bond acceptors (Lipinski definition) is 5. The normalized spacial score (nSPS) is 11.8. The number of rotatable bonds is 9. The molecule has 0 aliphatic rings. The Balaban J connectivity index is 1.53. The van der Waals surface area contributed by atoms with Crippen LogP contribution in [-0.4, -0.2) is 32.2 Å². The summed E-state index contributed by atoms with van der Waals surface area (Å²) in [5, 5.41) is 21.4. The molecule has 4 rings (SSSR count). The number of nitrogens with zero attached hydrogens (tertiary/aromatic N) is 3. The van der Waals surface area contributed by atoms with E-state index in [1.54, 1.807) is 12.3 Å². The first kappa shape index (κ1) is 23.7. The van der Waals surface area contributed by atoms with E-state index < -0.39 is 11.9 Å². The van der Waals surface area contributed by atoms with Gasteiger partial charge in [0.1, 0.15) is 10.4 Å². The second-order valence-electron chi connectivity index (χ2n) is 7.74. The van der Waals surface area contributed by atoms with Crippen LogP contribution in [0.3, 0.4) is 0 Å². The summed E-state index contributed by atoms with van der Waals surface area (Å²) in [6.45, 7) is 0. The molecule has 0 spiro atoms. The maximum atomic E-state index is 12.7. The minimum atomic E-state index is -0.976. The first-order valence-corrected chi connectivity index (χ1v) is 12.3. The van der Waals surface area contributed by atoms with E-state index in [9.17, 15) is 20.0 Å². The maximum absolute atomic E-state index is 12.7. The van der Waals surface area contributed by atoms with Crippen molar-refractivity contribution >= 4 is 50.2 Å². The summed E-state index contributed by atoms with van der Waals surface area (Å²) >= 11 is 4.80. The van der Waals surface area contributed by atoms with Crippen molar-refractivity contribution in [2.24, 2.45) is 5.92 Å². The first-order chi connectivity index (χ1) is 16.5. The SMILES string of the molecule is N#Cc1ccc(-n2c(Br)cnc2SCC(=O)CC(Cc2ccccc2)C(=O)O)c2ccccc12. The van der Waals surface area contributed by atoms with Crippen LogP contribution in [0.15, 0.2) is 82.7 Å². The Morgan fingerprint density at radius 3 is 2.47 bits per heavy atom. The van der Waals surface area contributed by atoms with E-state index in [0.717, 1.165) is 22.0 Å². The molecule has 1 unspecified atom stereocenters. The van der Waals surface area contributed by atoms with Crippen molar-refractivity contribution in [3.63, 3.8) is 0 Å². The van der Waals surface area contributed by atoms with Crippen LogP contribution in [0.1, 0.15) is 17.5 Å². The number of fused-ring (bicyclic) bond motifs is 1. The van der Waals surface area contributed by atoms with Gasteiger partial charge in [-0.1, -0.05) is 66.4 Å². The molecule has 1 aromatic heterocycles. The van der Waals surface area contributed by atoms with Gasteiger partial charge in [-0.2, -0.15) is 5.26 Å². The van der Waals surface area contributed by atoms with Gasteiger partial charge in [-0.25, -0.2) is 4.98 Å². The third kappa shape index (κ3) is 5.22. The molecule has 34 heavy (non-hydrogen) atoms. The fraction of sp³-hybridized carbons (Fsp3) is 0.154. The van der Waals surface area contributed by atoms with Crippen LogP contribution >= 0.6 is 27.7 Å². The molecular formula is C26H20BrN3O3S. The quantitative estimate of drug-likeness (QED) is 0.279. The molecule has 0 radical (unpaired) electrons. The van der Waals surface area contributed by atoms with Gasteiger partial charge in [0, 0.05) is 17.2 Å². The Kier molecular flexibility index (Phi) is 7.46. The average Bonchev–Trinajstić information content (AvgIpc) is 3.22. The van der Waals surface area contributed by atoms with E-state index >= 15 is 0 Å². The van der Waals surface area contributed by atoms with Gasteiger partial charge in [0.05, 0.1) is 35.2 Å². The minimum absolute atomic E-state index is 0.0428. The van der Waals surface area contributed by atoms with Gasteiger partial charge in [0.15, 0.2) is 5.16 Å². The number of halogens is 1. The molecule has 1 atom stereocenters. The molecule has 4 aromatic rings. The molecule has 3 aromatic carbocycles. The number of hydrogen-bond donors (Lipinski definition) is 1. The van der Waals surface area contributed by atoms with Crippen molar-refractivity contribution < 1.29 is 14.7 Å². The number of aromatic nitrogens is 2. The van der Waals surface area contributed by atoms with E-state index in [0.29, 0.717) is 21.7 Å². The van der Waals surface area contributed by atoms with Crippen LogP contribution in [-0.2, 0) is 16.0 Å². The van der Waals surface area contributed by atoms with Gasteiger partial charge in [-0.3, -0.25) is 14.2 Å². The molecule has 0 bridgehead atoms. The van der Waals surface area contributed by atoms with Gasteiger partial charge < -0.3 is 5.11 Å². The van der Waals surface area contributed by atoms with Crippen molar-refractivity contribution in [3.05, 3.63) is 88.7 Å². The Hall–Kier alpha value is -3.41. The van der Waals surface area contributed by atoms with Crippen LogP contribution in [0.2, 0.25) is 0 Å².